The fourth-order valence-corrected chi connectivity index (χ4v) is 4.66. The molecule has 0 radical (unpaired) electrons. The van der Waals surface area contributed by atoms with Crippen LogP contribution in [0.3, 0.4) is 0 Å². The van der Waals surface area contributed by atoms with E-state index in [0.717, 1.165) is 40.3 Å². The Balaban J connectivity index is 1.74. The quantitative estimate of drug-likeness (QED) is 0.592. The van der Waals surface area contributed by atoms with Gasteiger partial charge in [-0.2, -0.15) is 0 Å². The Labute approximate surface area is 167 Å². The second-order valence-electron chi connectivity index (χ2n) is 6.56. The molecule has 2 aliphatic rings. The van der Waals surface area contributed by atoms with Gasteiger partial charge in [-0.25, -0.2) is 16.0 Å². The predicted molar refractivity (Wildman–Crippen MR) is 113 cm³/mol. The highest BCUT2D eigenvalue weighted by molar-refractivity contribution is 8.14. The van der Waals surface area contributed by atoms with Crippen LogP contribution in [-0.2, 0) is 18.0 Å². The summed E-state index contributed by atoms with van der Waals surface area (Å²) < 4.78 is 5.67. The van der Waals surface area contributed by atoms with Gasteiger partial charge in [0.15, 0.2) is 5.84 Å². The highest BCUT2D eigenvalue weighted by atomic mass is 35.5. The fourth-order valence-electron chi connectivity index (χ4n) is 3.44. The molecule has 0 fully saturated rings. The number of aliphatic imine (C=N–C) groups is 1. The lowest BCUT2D eigenvalue weighted by Gasteiger charge is -2.23. The first-order valence-corrected chi connectivity index (χ1v) is 10.3. The molecule has 27 heavy (non-hydrogen) atoms. The van der Waals surface area contributed by atoms with Gasteiger partial charge in [0.1, 0.15) is 6.54 Å². The summed E-state index contributed by atoms with van der Waals surface area (Å²) in [7, 11) is 1.96. The topological polar surface area (TPSA) is 75.2 Å². The predicted octanol–water partition coefficient (Wildman–Crippen LogP) is 3.12. The maximum atomic E-state index is 6.66. The molecule has 4 rings (SSSR count). The zero-order valence-electron chi connectivity index (χ0n) is 15.2. The lowest BCUT2D eigenvalue weighted by Crippen LogP contribution is -2.35. The van der Waals surface area contributed by atoms with Crippen molar-refractivity contribution in [2.45, 2.75) is 19.6 Å². The van der Waals surface area contributed by atoms with E-state index in [1.807, 2.05) is 19.2 Å². The summed E-state index contributed by atoms with van der Waals surface area (Å²) in [6.45, 7) is 2.67. The van der Waals surface area contributed by atoms with E-state index in [9.17, 15) is 0 Å². The first-order valence-electron chi connectivity index (χ1n) is 8.94. The standard InChI is InChI=1S/C19H22ClN5OS/c1-22-6-3-7-27-16-9-25(21)24-19(23-16)18-14-5-2-4-12-10-26-11-13(17(12)14)8-15(18)20/h2,4-5,8,22H,3,6-7,9-11,21H2,1H3. The Hall–Kier alpha value is -1.64. The molecule has 0 aliphatic carbocycles. The van der Waals surface area contributed by atoms with Gasteiger partial charge in [0, 0.05) is 11.3 Å². The van der Waals surface area contributed by atoms with Gasteiger partial charge in [-0.05, 0) is 48.0 Å². The van der Waals surface area contributed by atoms with Gasteiger partial charge in [-0.1, -0.05) is 29.8 Å². The number of ether oxygens (including phenoxy) is 1. The molecule has 3 N–H and O–H groups in total. The monoisotopic (exact) mass is 403 g/mol. The lowest BCUT2D eigenvalue weighted by molar-refractivity contribution is 0.103. The average Bonchev–Trinajstić information content (AvgIpc) is 2.65. The third kappa shape index (κ3) is 3.83. The third-order valence-corrected chi connectivity index (χ3v) is 5.96. The van der Waals surface area contributed by atoms with Crippen molar-refractivity contribution in [3.8, 4) is 0 Å². The first kappa shape index (κ1) is 18.7. The summed E-state index contributed by atoms with van der Waals surface area (Å²) in [5.74, 6) is 7.60. The molecule has 0 saturated carbocycles. The minimum Gasteiger partial charge on any atom is -0.372 e. The Morgan fingerprint density at radius 1 is 1.33 bits per heavy atom. The number of benzene rings is 2. The van der Waals surface area contributed by atoms with Gasteiger partial charge in [-0.15, -0.1) is 16.9 Å². The first-order chi connectivity index (χ1) is 13.2. The van der Waals surface area contributed by atoms with E-state index < -0.39 is 0 Å². The second kappa shape index (κ2) is 8.16. The van der Waals surface area contributed by atoms with Crippen LogP contribution in [0.15, 0.2) is 34.4 Å². The van der Waals surface area contributed by atoms with Crippen molar-refractivity contribution in [2.24, 2.45) is 15.9 Å². The van der Waals surface area contributed by atoms with E-state index in [0.29, 0.717) is 30.6 Å². The Bertz CT molecular complexity index is 930. The molecule has 0 saturated heterocycles. The van der Waals surface area contributed by atoms with Crippen molar-refractivity contribution in [3.63, 3.8) is 0 Å². The molecule has 6 nitrogen and oxygen atoms in total. The van der Waals surface area contributed by atoms with Crippen molar-refractivity contribution in [1.82, 2.24) is 10.4 Å². The fraction of sp³-hybridized carbons (Fsp3) is 0.368. The van der Waals surface area contributed by atoms with Crippen LogP contribution in [0.25, 0.3) is 10.8 Å². The summed E-state index contributed by atoms with van der Waals surface area (Å²) >= 11 is 8.38. The maximum Gasteiger partial charge on any atom is 0.183 e. The highest BCUT2D eigenvalue weighted by Crippen LogP contribution is 2.36. The van der Waals surface area contributed by atoms with Gasteiger partial charge in [0.2, 0.25) is 0 Å². The summed E-state index contributed by atoms with van der Waals surface area (Å²) in [5, 5.41) is 12.9. The second-order valence-corrected chi connectivity index (χ2v) is 8.13. The maximum absolute atomic E-state index is 6.66. The van der Waals surface area contributed by atoms with E-state index in [-0.39, 0.29) is 0 Å². The number of nitrogens with one attached hydrogen (secondary N) is 1. The zero-order valence-corrected chi connectivity index (χ0v) is 16.7. The summed E-state index contributed by atoms with van der Waals surface area (Å²) in [6.07, 6.45) is 1.07. The molecule has 2 aromatic rings. The number of hydrogen-bond donors (Lipinski definition) is 2. The van der Waals surface area contributed by atoms with Crippen LogP contribution in [0.4, 0.5) is 0 Å². The van der Waals surface area contributed by atoms with Crippen molar-refractivity contribution >= 4 is 45.0 Å². The van der Waals surface area contributed by atoms with Crippen LogP contribution in [0, 0.1) is 0 Å². The molecular formula is C19H22ClN5OS. The van der Waals surface area contributed by atoms with E-state index in [1.54, 1.807) is 11.8 Å². The molecule has 142 valence electrons. The Morgan fingerprint density at radius 3 is 3.04 bits per heavy atom. The minimum atomic E-state index is 0.514. The Kier molecular flexibility index (Phi) is 5.66. The lowest BCUT2D eigenvalue weighted by atomic mass is 9.94. The molecule has 2 heterocycles. The largest absolute Gasteiger partial charge is 0.372 e. The molecule has 2 aromatic carbocycles. The molecule has 0 aromatic heterocycles. The molecule has 0 unspecified atom stereocenters. The normalized spacial score (nSPS) is 16.5. The van der Waals surface area contributed by atoms with Crippen molar-refractivity contribution in [1.29, 1.82) is 0 Å². The summed E-state index contributed by atoms with van der Waals surface area (Å²) in [5.41, 5.74) is 3.10. The number of hydrazone groups is 1. The molecule has 0 amide bonds. The molecule has 0 spiro atoms. The van der Waals surface area contributed by atoms with Crippen molar-refractivity contribution in [2.75, 3.05) is 25.9 Å². The van der Waals surface area contributed by atoms with Gasteiger partial charge < -0.3 is 10.1 Å². The van der Waals surface area contributed by atoms with E-state index >= 15 is 0 Å². The number of nitrogens with zero attached hydrogens (tertiary/aromatic N) is 3. The van der Waals surface area contributed by atoms with Crippen LogP contribution >= 0.6 is 23.4 Å². The van der Waals surface area contributed by atoms with Crippen LogP contribution in [0.5, 0.6) is 0 Å². The van der Waals surface area contributed by atoms with Crippen LogP contribution in [-0.4, -0.2) is 41.9 Å². The Morgan fingerprint density at radius 2 is 2.19 bits per heavy atom. The number of amidine groups is 1. The number of hydrogen-bond acceptors (Lipinski definition) is 7. The third-order valence-electron chi connectivity index (χ3n) is 4.61. The zero-order chi connectivity index (χ0) is 18.8. The van der Waals surface area contributed by atoms with Crippen molar-refractivity contribution < 1.29 is 4.74 Å². The van der Waals surface area contributed by atoms with E-state index in [2.05, 4.69) is 22.6 Å². The number of thioether (sulfide) groups is 1. The molecule has 2 aliphatic heterocycles. The molecule has 0 atom stereocenters. The number of rotatable bonds is 5. The van der Waals surface area contributed by atoms with Gasteiger partial charge in [0.25, 0.3) is 0 Å². The minimum absolute atomic E-state index is 0.514. The van der Waals surface area contributed by atoms with Crippen LogP contribution < -0.4 is 11.2 Å². The van der Waals surface area contributed by atoms with E-state index in [4.69, 9.17) is 27.2 Å². The smallest absolute Gasteiger partial charge is 0.183 e. The van der Waals surface area contributed by atoms with Gasteiger partial charge in [0.05, 0.1) is 23.3 Å². The van der Waals surface area contributed by atoms with Gasteiger partial charge in [-0.3, -0.25) is 0 Å². The number of halogens is 1. The van der Waals surface area contributed by atoms with Gasteiger partial charge >= 0.3 is 0 Å². The SMILES string of the molecule is CNCCCSC1=NC(c2c(Cl)cc3c4c(cccc24)COC3)=NN(N)C1. The number of nitrogens with two attached hydrogens (primary N) is 1. The van der Waals surface area contributed by atoms with E-state index in [1.165, 1.54) is 16.1 Å². The van der Waals surface area contributed by atoms with Crippen LogP contribution in [0.2, 0.25) is 5.02 Å². The molecular weight excluding hydrogens is 382 g/mol. The summed E-state index contributed by atoms with van der Waals surface area (Å²) in [4.78, 5) is 4.79. The van der Waals surface area contributed by atoms with Crippen LogP contribution in [0.1, 0.15) is 23.1 Å². The molecule has 8 heteroatoms. The average molecular weight is 404 g/mol. The highest BCUT2D eigenvalue weighted by Gasteiger charge is 2.23. The van der Waals surface area contributed by atoms with Crippen molar-refractivity contribution in [3.05, 3.63) is 46.0 Å². The summed E-state index contributed by atoms with van der Waals surface area (Å²) in [6, 6.07) is 8.15. The number of hydrazine groups is 1. The molecule has 0 bridgehead atoms.